The van der Waals surface area contributed by atoms with Crippen molar-refractivity contribution >= 4 is 0 Å². The van der Waals surface area contributed by atoms with Gasteiger partial charge in [0, 0.05) is 6.54 Å². The van der Waals surface area contributed by atoms with Crippen LogP contribution in [0.1, 0.15) is 56.9 Å². The third-order valence-corrected chi connectivity index (χ3v) is 6.90. The summed E-state index contributed by atoms with van der Waals surface area (Å²) < 4.78 is 6.48. The first-order chi connectivity index (χ1) is 12.3. The van der Waals surface area contributed by atoms with Crippen LogP contribution in [0.25, 0.3) is 0 Å². The molecule has 5 rings (SSSR count). The molecule has 4 atom stereocenters. The molecule has 0 spiro atoms. The lowest BCUT2D eigenvalue weighted by Crippen LogP contribution is -2.47. The molecular weight excluding hydrogens is 310 g/mol. The smallest absolute Gasteiger partial charge is 0.116 e. The van der Waals surface area contributed by atoms with Crippen molar-refractivity contribution in [1.82, 2.24) is 4.90 Å². The predicted octanol–water partition coefficient (Wildman–Crippen LogP) is 3.96. The standard InChI is InChI=1S/C22H33NO2/c24-22(19-9-3-1-4-10-19,20-11-5-2-6-12-20)17-25-21-16-23-14-7-8-18(21)13-15-23/h1,3-4,9-10,18,20-21,24H,2,5-8,11-17H2/t18?,21-,22+/m0/s1. The van der Waals surface area contributed by atoms with Gasteiger partial charge in [0.2, 0.25) is 0 Å². The van der Waals surface area contributed by atoms with Crippen molar-refractivity contribution in [3.05, 3.63) is 35.9 Å². The maximum absolute atomic E-state index is 11.7. The Kier molecular flexibility index (Phi) is 5.44. The Labute approximate surface area is 152 Å². The Morgan fingerprint density at radius 2 is 1.76 bits per heavy atom. The minimum Gasteiger partial charge on any atom is -0.382 e. The highest BCUT2D eigenvalue weighted by atomic mass is 16.5. The minimum atomic E-state index is -0.831. The van der Waals surface area contributed by atoms with Gasteiger partial charge in [0.05, 0.1) is 12.7 Å². The third-order valence-electron chi connectivity index (χ3n) is 6.90. The van der Waals surface area contributed by atoms with Gasteiger partial charge in [-0.2, -0.15) is 0 Å². The van der Waals surface area contributed by atoms with E-state index in [9.17, 15) is 5.11 Å². The number of fused-ring (bicyclic) bond motifs is 4. The van der Waals surface area contributed by atoms with Gasteiger partial charge in [0.25, 0.3) is 0 Å². The van der Waals surface area contributed by atoms with Gasteiger partial charge in [-0.05, 0) is 62.6 Å². The number of nitrogens with zero attached hydrogens (tertiary/aromatic N) is 1. The van der Waals surface area contributed by atoms with Crippen LogP contribution in [0, 0.1) is 11.8 Å². The average Bonchev–Trinajstić information content (AvgIpc) is 3.03. The molecule has 1 saturated carbocycles. The highest BCUT2D eigenvalue weighted by Crippen LogP contribution is 2.40. The zero-order chi connectivity index (χ0) is 17.1. The third kappa shape index (κ3) is 3.79. The first-order valence-electron chi connectivity index (χ1n) is 10.4. The molecule has 2 unspecified atom stereocenters. The van der Waals surface area contributed by atoms with E-state index in [1.54, 1.807) is 0 Å². The second kappa shape index (κ2) is 7.77. The van der Waals surface area contributed by atoms with Crippen LogP contribution < -0.4 is 0 Å². The van der Waals surface area contributed by atoms with E-state index in [2.05, 4.69) is 17.0 Å². The van der Waals surface area contributed by atoms with Crippen molar-refractivity contribution in [1.29, 1.82) is 0 Å². The lowest BCUT2D eigenvalue weighted by Gasteiger charge is -2.41. The topological polar surface area (TPSA) is 32.7 Å². The van der Waals surface area contributed by atoms with Gasteiger partial charge < -0.3 is 14.7 Å². The summed E-state index contributed by atoms with van der Waals surface area (Å²) in [7, 11) is 0. The van der Waals surface area contributed by atoms with Crippen molar-refractivity contribution in [2.75, 3.05) is 26.2 Å². The Morgan fingerprint density at radius 3 is 2.56 bits per heavy atom. The first kappa shape index (κ1) is 17.5. The highest BCUT2D eigenvalue weighted by Gasteiger charge is 2.41. The Hall–Kier alpha value is -0.900. The fraction of sp³-hybridized carbons (Fsp3) is 0.727. The van der Waals surface area contributed by atoms with Gasteiger partial charge in [-0.1, -0.05) is 49.6 Å². The number of ether oxygens (including phenoxy) is 1. The molecule has 3 heterocycles. The van der Waals surface area contributed by atoms with Gasteiger partial charge in [-0.15, -0.1) is 0 Å². The fourth-order valence-corrected chi connectivity index (χ4v) is 5.31. The van der Waals surface area contributed by atoms with E-state index in [1.165, 1.54) is 51.6 Å². The molecule has 3 nitrogen and oxygen atoms in total. The van der Waals surface area contributed by atoms with Gasteiger partial charge >= 0.3 is 0 Å². The Morgan fingerprint density at radius 1 is 0.960 bits per heavy atom. The minimum absolute atomic E-state index is 0.301. The molecule has 0 amide bonds. The lowest BCUT2D eigenvalue weighted by atomic mass is 9.73. The van der Waals surface area contributed by atoms with Crippen molar-refractivity contribution in [3.63, 3.8) is 0 Å². The normalized spacial score (nSPS) is 32.9. The maximum Gasteiger partial charge on any atom is 0.116 e. The lowest BCUT2D eigenvalue weighted by molar-refractivity contribution is -0.136. The van der Waals surface area contributed by atoms with Crippen LogP contribution in [-0.4, -0.2) is 42.4 Å². The molecule has 3 heteroatoms. The van der Waals surface area contributed by atoms with Gasteiger partial charge in [-0.3, -0.25) is 0 Å². The van der Waals surface area contributed by atoms with Crippen molar-refractivity contribution in [3.8, 4) is 0 Å². The van der Waals surface area contributed by atoms with E-state index >= 15 is 0 Å². The summed E-state index contributed by atoms with van der Waals surface area (Å²) in [6.45, 7) is 3.97. The molecule has 2 bridgehead atoms. The molecule has 3 saturated heterocycles. The molecule has 4 aliphatic rings. The molecule has 1 aromatic rings. The molecule has 4 fully saturated rings. The van der Waals surface area contributed by atoms with Crippen LogP contribution in [-0.2, 0) is 10.3 Å². The molecule has 25 heavy (non-hydrogen) atoms. The molecule has 0 aromatic heterocycles. The van der Waals surface area contributed by atoms with Crippen LogP contribution in [0.2, 0.25) is 0 Å². The van der Waals surface area contributed by atoms with E-state index in [-0.39, 0.29) is 0 Å². The Bertz CT molecular complexity index is 538. The first-order valence-corrected chi connectivity index (χ1v) is 10.4. The number of piperidine rings is 1. The van der Waals surface area contributed by atoms with E-state index in [0.29, 0.717) is 24.5 Å². The maximum atomic E-state index is 11.7. The number of benzene rings is 1. The van der Waals surface area contributed by atoms with Crippen LogP contribution in [0.3, 0.4) is 0 Å². The summed E-state index contributed by atoms with van der Waals surface area (Å²) in [6, 6.07) is 10.3. The van der Waals surface area contributed by atoms with E-state index in [4.69, 9.17) is 4.74 Å². The summed E-state index contributed by atoms with van der Waals surface area (Å²) in [5, 5.41) is 11.7. The molecule has 1 N–H and O–H groups in total. The Balaban J connectivity index is 1.50. The van der Waals surface area contributed by atoms with Crippen molar-refractivity contribution in [2.24, 2.45) is 11.8 Å². The number of hydrogen-bond acceptors (Lipinski definition) is 3. The van der Waals surface area contributed by atoms with Gasteiger partial charge in [0.15, 0.2) is 0 Å². The van der Waals surface area contributed by atoms with E-state index in [1.807, 2.05) is 18.2 Å². The second-order valence-corrected chi connectivity index (χ2v) is 8.47. The zero-order valence-electron chi connectivity index (χ0n) is 15.4. The zero-order valence-corrected chi connectivity index (χ0v) is 15.4. The number of rotatable bonds is 5. The monoisotopic (exact) mass is 343 g/mol. The fourth-order valence-electron chi connectivity index (χ4n) is 5.31. The molecule has 1 aliphatic carbocycles. The van der Waals surface area contributed by atoms with Crippen molar-refractivity contribution in [2.45, 2.75) is 63.1 Å². The van der Waals surface area contributed by atoms with Crippen molar-refractivity contribution < 1.29 is 9.84 Å². The van der Waals surface area contributed by atoms with Crippen LogP contribution in [0.5, 0.6) is 0 Å². The molecule has 3 aliphatic heterocycles. The summed E-state index contributed by atoms with van der Waals surface area (Å²) in [4.78, 5) is 2.55. The summed E-state index contributed by atoms with van der Waals surface area (Å²) >= 11 is 0. The van der Waals surface area contributed by atoms with E-state index < -0.39 is 5.60 Å². The molecule has 1 aromatic carbocycles. The van der Waals surface area contributed by atoms with Gasteiger partial charge in [0.1, 0.15) is 5.60 Å². The number of aliphatic hydroxyl groups is 1. The molecule has 138 valence electrons. The largest absolute Gasteiger partial charge is 0.382 e. The SMILES string of the molecule is O[C@](CO[C@H]1CN2CCCC1CC2)(c1ccccc1)C1CCCCC1. The quantitative estimate of drug-likeness (QED) is 0.878. The van der Waals surface area contributed by atoms with Gasteiger partial charge in [-0.25, -0.2) is 0 Å². The number of hydrogen-bond donors (Lipinski definition) is 1. The van der Waals surface area contributed by atoms with E-state index in [0.717, 1.165) is 24.9 Å². The molecular formula is C22H33NO2. The van der Waals surface area contributed by atoms with Crippen LogP contribution in [0.15, 0.2) is 30.3 Å². The summed E-state index contributed by atoms with van der Waals surface area (Å²) in [6.07, 6.45) is 10.2. The summed E-state index contributed by atoms with van der Waals surface area (Å²) in [5.74, 6) is 1.01. The second-order valence-electron chi connectivity index (χ2n) is 8.47. The highest BCUT2D eigenvalue weighted by molar-refractivity contribution is 5.23. The summed E-state index contributed by atoms with van der Waals surface area (Å²) in [5.41, 5.74) is 0.212. The average molecular weight is 344 g/mol. The van der Waals surface area contributed by atoms with Crippen LogP contribution in [0.4, 0.5) is 0 Å². The van der Waals surface area contributed by atoms with Crippen LogP contribution >= 0.6 is 0 Å². The predicted molar refractivity (Wildman–Crippen MR) is 100 cm³/mol. The molecule has 0 radical (unpaired) electrons.